The second kappa shape index (κ2) is 47.5. The normalized spacial score (nSPS) is 11.9. The Balaban J connectivity index is 4.27. The van der Waals surface area contributed by atoms with E-state index in [9.17, 15) is 14.4 Å². The van der Waals surface area contributed by atoms with Gasteiger partial charge in [-0.2, -0.15) is 0 Å². The maximum atomic E-state index is 12.8. The minimum Gasteiger partial charge on any atom is -0.462 e. The van der Waals surface area contributed by atoms with Crippen molar-refractivity contribution in [1.82, 2.24) is 0 Å². The van der Waals surface area contributed by atoms with E-state index in [2.05, 4.69) is 27.7 Å². The number of esters is 3. The van der Waals surface area contributed by atoms with Crippen molar-refractivity contribution in [2.45, 2.75) is 303 Å². The van der Waals surface area contributed by atoms with Crippen LogP contribution in [0.1, 0.15) is 297 Å². The molecular weight excluding hydrogens is 733 g/mol. The van der Waals surface area contributed by atoms with Crippen molar-refractivity contribution in [3.05, 3.63) is 0 Å². The summed E-state index contributed by atoms with van der Waals surface area (Å²) in [5.41, 5.74) is 0. The molecule has 6 nitrogen and oxygen atoms in total. The second-order valence-corrected chi connectivity index (χ2v) is 18.6. The highest BCUT2D eigenvalue weighted by molar-refractivity contribution is 5.71. The zero-order valence-corrected chi connectivity index (χ0v) is 40.2. The molecule has 0 rings (SSSR count). The highest BCUT2D eigenvalue weighted by Gasteiger charge is 2.19. The SMILES string of the molecule is CCCCCCCCCCCCCCCCCCC(=O)OC[C@H](COC(=O)CCCCCCCCCCCC)OC(=O)CCCCCCCCCCCCCCC(C)C. The number of rotatable bonds is 48. The van der Waals surface area contributed by atoms with E-state index in [-0.39, 0.29) is 31.1 Å². The molecule has 0 aliphatic heterocycles. The summed E-state index contributed by atoms with van der Waals surface area (Å²) >= 11 is 0. The smallest absolute Gasteiger partial charge is 0.306 e. The molecule has 0 aromatic heterocycles. The summed E-state index contributed by atoms with van der Waals surface area (Å²) in [4.78, 5) is 37.9. The lowest BCUT2D eigenvalue weighted by Crippen LogP contribution is -2.30. The van der Waals surface area contributed by atoms with Crippen LogP contribution in [0, 0.1) is 5.92 Å². The van der Waals surface area contributed by atoms with E-state index in [1.165, 1.54) is 193 Å². The van der Waals surface area contributed by atoms with Gasteiger partial charge in [-0.1, -0.05) is 259 Å². The van der Waals surface area contributed by atoms with Gasteiger partial charge in [-0.05, 0) is 25.2 Å². The minimum atomic E-state index is -0.760. The van der Waals surface area contributed by atoms with Crippen LogP contribution < -0.4 is 0 Å². The molecule has 0 aliphatic rings. The predicted molar refractivity (Wildman–Crippen MR) is 252 cm³/mol. The van der Waals surface area contributed by atoms with Crippen molar-refractivity contribution in [3.8, 4) is 0 Å². The number of hydrogen-bond acceptors (Lipinski definition) is 6. The van der Waals surface area contributed by atoms with Gasteiger partial charge >= 0.3 is 17.9 Å². The van der Waals surface area contributed by atoms with Crippen molar-refractivity contribution in [3.63, 3.8) is 0 Å². The third-order valence-corrected chi connectivity index (χ3v) is 12.0. The Bertz CT molecular complexity index is 887. The topological polar surface area (TPSA) is 78.9 Å². The Kier molecular flexibility index (Phi) is 46.2. The molecule has 0 saturated heterocycles. The van der Waals surface area contributed by atoms with Crippen LogP contribution in [0.5, 0.6) is 0 Å². The van der Waals surface area contributed by atoms with Gasteiger partial charge in [0.05, 0.1) is 0 Å². The van der Waals surface area contributed by atoms with Crippen LogP contribution in [0.2, 0.25) is 0 Å². The molecule has 0 saturated carbocycles. The van der Waals surface area contributed by atoms with E-state index < -0.39 is 6.10 Å². The van der Waals surface area contributed by atoms with Crippen molar-refractivity contribution < 1.29 is 28.6 Å². The molecule has 0 N–H and O–H groups in total. The molecule has 0 amide bonds. The van der Waals surface area contributed by atoms with Gasteiger partial charge in [0, 0.05) is 19.3 Å². The highest BCUT2D eigenvalue weighted by Crippen LogP contribution is 2.17. The van der Waals surface area contributed by atoms with Crippen molar-refractivity contribution in [1.29, 1.82) is 0 Å². The molecule has 59 heavy (non-hydrogen) atoms. The molecule has 0 bridgehead atoms. The molecular formula is C53H102O6. The van der Waals surface area contributed by atoms with Crippen LogP contribution in [0.4, 0.5) is 0 Å². The average molecular weight is 835 g/mol. The van der Waals surface area contributed by atoms with Crippen LogP contribution in [0.25, 0.3) is 0 Å². The first-order valence-electron chi connectivity index (χ1n) is 26.4. The standard InChI is InChI=1S/C53H102O6/c1-5-7-9-11-13-15-17-18-19-20-21-25-29-33-37-41-45-52(55)58-48-50(47-57-51(54)44-40-36-32-28-16-14-12-10-8-6-2)59-53(56)46-42-38-34-30-26-23-22-24-27-31-35-39-43-49(3)4/h49-50H,5-48H2,1-4H3/t50-/m0/s1. The molecule has 350 valence electrons. The van der Waals surface area contributed by atoms with Gasteiger partial charge in [-0.3, -0.25) is 14.4 Å². The third kappa shape index (κ3) is 47.3. The van der Waals surface area contributed by atoms with Gasteiger partial charge in [-0.25, -0.2) is 0 Å². The van der Waals surface area contributed by atoms with Crippen LogP contribution in [-0.2, 0) is 28.6 Å². The number of ether oxygens (including phenoxy) is 3. The molecule has 0 aliphatic carbocycles. The summed E-state index contributed by atoms with van der Waals surface area (Å²) in [5, 5.41) is 0. The van der Waals surface area contributed by atoms with Gasteiger partial charge in [0.25, 0.3) is 0 Å². The summed E-state index contributed by atoms with van der Waals surface area (Å²) in [6.45, 7) is 9.02. The number of carbonyl (C=O) groups is 3. The maximum Gasteiger partial charge on any atom is 0.306 e. The first-order chi connectivity index (χ1) is 28.9. The summed E-state index contributed by atoms with van der Waals surface area (Å²) in [6.07, 6.45) is 49.4. The molecule has 0 radical (unpaired) electrons. The lowest BCUT2D eigenvalue weighted by Gasteiger charge is -2.18. The van der Waals surface area contributed by atoms with E-state index in [0.29, 0.717) is 19.3 Å². The van der Waals surface area contributed by atoms with Crippen LogP contribution in [0.3, 0.4) is 0 Å². The van der Waals surface area contributed by atoms with E-state index in [0.717, 1.165) is 63.7 Å². The lowest BCUT2D eigenvalue weighted by atomic mass is 10.0. The predicted octanol–water partition coefficient (Wildman–Crippen LogP) is 17.1. The molecule has 6 heteroatoms. The summed E-state index contributed by atoms with van der Waals surface area (Å²) in [6, 6.07) is 0. The quantitative estimate of drug-likeness (QED) is 0.0345. The Morgan fingerprint density at radius 2 is 0.559 bits per heavy atom. The van der Waals surface area contributed by atoms with Gasteiger partial charge in [-0.15, -0.1) is 0 Å². The van der Waals surface area contributed by atoms with Gasteiger partial charge in [0.2, 0.25) is 0 Å². The summed E-state index contributed by atoms with van der Waals surface area (Å²) in [5.74, 6) is -0.0120. The van der Waals surface area contributed by atoms with Crippen molar-refractivity contribution >= 4 is 17.9 Å². The first-order valence-corrected chi connectivity index (χ1v) is 26.4. The van der Waals surface area contributed by atoms with E-state index >= 15 is 0 Å². The maximum absolute atomic E-state index is 12.8. The van der Waals surface area contributed by atoms with Gasteiger partial charge in [0.1, 0.15) is 13.2 Å². The number of unbranched alkanes of at least 4 members (excludes halogenated alkanes) is 35. The van der Waals surface area contributed by atoms with Crippen molar-refractivity contribution in [2.75, 3.05) is 13.2 Å². The van der Waals surface area contributed by atoms with Crippen LogP contribution in [0.15, 0.2) is 0 Å². The average Bonchev–Trinajstić information content (AvgIpc) is 3.22. The van der Waals surface area contributed by atoms with E-state index in [4.69, 9.17) is 14.2 Å². The van der Waals surface area contributed by atoms with Gasteiger partial charge in [0.15, 0.2) is 6.10 Å². The molecule has 0 fully saturated rings. The largest absolute Gasteiger partial charge is 0.462 e. The fourth-order valence-electron chi connectivity index (χ4n) is 8.04. The molecule has 0 aromatic rings. The molecule has 0 unspecified atom stereocenters. The number of carbonyl (C=O) groups excluding carboxylic acids is 3. The van der Waals surface area contributed by atoms with E-state index in [1.54, 1.807) is 0 Å². The number of hydrogen-bond donors (Lipinski definition) is 0. The van der Waals surface area contributed by atoms with E-state index in [1.807, 2.05) is 0 Å². The Morgan fingerprint density at radius 3 is 0.831 bits per heavy atom. The summed E-state index contributed by atoms with van der Waals surface area (Å²) < 4.78 is 16.8. The lowest BCUT2D eigenvalue weighted by molar-refractivity contribution is -0.167. The van der Waals surface area contributed by atoms with Gasteiger partial charge < -0.3 is 14.2 Å². The molecule has 0 heterocycles. The second-order valence-electron chi connectivity index (χ2n) is 18.6. The molecule has 0 aromatic carbocycles. The Morgan fingerprint density at radius 1 is 0.322 bits per heavy atom. The first kappa shape index (κ1) is 57.4. The van der Waals surface area contributed by atoms with Crippen LogP contribution in [-0.4, -0.2) is 37.2 Å². The molecule has 0 spiro atoms. The van der Waals surface area contributed by atoms with Crippen molar-refractivity contribution in [2.24, 2.45) is 5.92 Å². The fourth-order valence-corrected chi connectivity index (χ4v) is 8.04. The fraction of sp³-hybridized carbons (Fsp3) is 0.943. The van der Waals surface area contributed by atoms with Crippen LogP contribution >= 0.6 is 0 Å². The third-order valence-electron chi connectivity index (χ3n) is 12.0. The highest BCUT2D eigenvalue weighted by atomic mass is 16.6. The Labute approximate surface area is 368 Å². The minimum absolute atomic E-state index is 0.0626. The Hall–Kier alpha value is -1.59. The summed E-state index contributed by atoms with van der Waals surface area (Å²) in [7, 11) is 0. The zero-order chi connectivity index (χ0) is 43.1. The monoisotopic (exact) mass is 835 g/mol. The molecule has 1 atom stereocenters. The zero-order valence-electron chi connectivity index (χ0n) is 40.2.